The fraction of sp³-hybridized carbons (Fsp3) is 0.370. The summed E-state index contributed by atoms with van der Waals surface area (Å²) in [5, 5.41) is -0.647. The Balaban J connectivity index is 1.62. The number of hydrogen-bond donors (Lipinski definition) is 1. The third-order valence-corrected chi connectivity index (χ3v) is 8.85. The number of nitrogens with zero attached hydrogens (tertiary/aromatic N) is 2. The Morgan fingerprint density at radius 2 is 1.79 bits per heavy atom. The number of Topliss-reactive ketones (excluding diaryl/α,β-unsaturated/α-hetero) is 1. The van der Waals surface area contributed by atoms with Crippen molar-refractivity contribution in [2.24, 2.45) is 11.7 Å². The van der Waals surface area contributed by atoms with Gasteiger partial charge in [-0.15, -0.1) is 0 Å². The van der Waals surface area contributed by atoms with Crippen molar-refractivity contribution in [1.29, 1.82) is 0 Å². The van der Waals surface area contributed by atoms with Crippen LogP contribution in [0.3, 0.4) is 0 Å². The fourth-order valence-electron chi connectivity index (χ4n) is 5.47. The van der Waals surface area contributed by atoms with E-state index in [1.807, 2.05) is 6.92 Å². The van der Waals surface area contributed by atoms with E-state index in [1.165, 1.54) is 13.4 Å². The van der Waals surface area contributed by atoms with E-state index < -0.39 is 55.6 Å². The highest BCUT2D eigenvalue weighted by atomic mass is 32.2. The van der Waals surface area contributed by atoms with Crippen LogP contribution in [0.1, 0.15) is 47.3 Å². The number of carbonyl (C=O) groups is 1. The van der Waals surface area contributed by atoms with Crippen molar-refractivity contribution in [3.8, 4) is 17.0 Å². The second-order valence-corrected chi connectivity index (χ2v) is 12.0. The molecule has 0 amide bonds. The van der Waals surface area contributed by atoms with Gasteiger partial charge in [0.2, 0.25) is 0 Å². The molecule has 1 fully saturated rings. The molecule has 202 valence electrons. The minimum Gasteiger partial charge on any atom is -0.497 e. The van der Waals surface area contributed by atoms with E-state index in [2.05, 4.69) is 9.97 Å². The summed E-state index contributed by atoms with van der Waals surface area (Å²) in [6, 6.07) is 5.12. The monoisotopic (exact) mass is 547 g/mol. The second kappa shape index (κ2) is 10.8. The molecule has 1 saturated carbocycles. The SMILES string of the molecule is COc1cc(F)c(-c2nc(C(=O)Cc3cnccc3[C@H]3C[C@@H](N)[C@@H](S(C)(=O)=O)[C@@H](C)C3)ccc2F)c(F)c1. The van der Waals surface area contributed by atoms with Crippen LogP contribution in [-0.4, -0.2) is 48.8 Å². The van der Waals surface area contributed by atoms with Gasteiger partial charge < -0.3 is 10.5 Å². The molecule has 4 rings (SSSR count). The summed E-state index contributed by atoms with van der Waals surface area (Å²) in [7, 11) is -2.09. The van der Waals surface area contributed by atoms with Crippen LogP contribution >= 0.6 is 0 Å². The Hall–Kier alpha value is -3.31. The number of ether oxygens (including phenoxy) is 1. The van der Waals surface area contributed by atoms with Gasteiger partial charge in [0.25, 0.3) is 0 Å². The number of hydrogen-bond acceptors (Lipinski definition) is 7. The Bertz CT molecular complexity index is 1450. The molecule has 0 spiro atoms. The number of methoxy groups -OCH3 is 1. The molecular formula is C27H28F3N3O4S. The number of nitrogens with two attached hydrogens (primary N) is 1. The molecule has 0 radical (unpaired) electrons. The normalized spacial score (nSPS) is 21.8. The number of carbonyl (C=O) groups excluding carboxylic acids is 1. The van der Waals surface area contributed by atoms with Gasteiger partial charge in [-0.3, -0.25) is 9.78 Å². The van der Waals surface area contributed by atoms with Crippen LogP contribution in [0.5, 0.6) is 5.75 Å². The first-order valence-corrected chi connectivity index (χ1v) is 14.0. The number of rotatable bonds is 7. The summed E-state index contributed by atoms with van der Waals surface area (Å²) < 4.78 is 73.1. The fourth-order valence-corrected chi connectivity index (χ4v) is 7.17. The predicted molar refractivity (Wildman–Crippen MR) is 136 cm³/mol. The molecule has 11 heteroatoms. The summed E-state index contributed by atoms with van der Waals surface area (Å²) in [4.78, 5) is 21.3. The van der Waals surface area contributed by atoms with Crippen molar-refractivity contribution in [2.75, 3.05) is 13.4 Å². The molecule has 38 heavy (non-hydrogen) atoms. The van der Waals surface area contributed by atoms with Gasteiger partial charge in [0.1, 0.15) is 34.6 Å². The van der Waals surface area contributed by atoms with Gasteiger partial charge in [-0.25, -0.2) is 26.6 Å². The highest BCUT2D eigenvalue weighted by molar-refractivity contribution is 7.91. The average molecular weight is 548 g/mol. The predicted octanol–water partition coefficient (Wildman–Crippen LogP) is 4.25. The lowest BCUT2D eigenvalue weighted by atomic mass is 9.75. The van der Waals surface area contributed by atoms with E-state index in [0.29, 0.717) is 18.4 Å². The number of ketones is 1. The Kier molecular flexibility index (Phi) is 7.89. The van der Waals surface area contributed by atoms with Crippen LogP contribution in [0.4, 0.5) is 13.2 Å². The first kappa shape index (κ1) is 27.7. The minimum atomic E-state index is -3.33. The lowest BCUT2D eigenvalue weighted by molar-refractivity contribution is 0.0987. The standard InChI is InChI=1S/C27H28F3N3O4S/c1-14-8-15(9-22(31)27(14)38(3,35)36)18-6-7-32-13-16(18)10-24(34)23-5-4-19(28)26(33-23)25-20(29)11-17(37-2)12-21(25)30/h4-7,11-15,22,27H,8-10,31H2,1-3H3/t14-,15+,22+,27-/m0/s1. The maximum atomic E-state index is 14.6. The second-order valence-electron chi connectivity index (χ2n) is 9.77. The molecule has 1 aromatic carbocycles. The molecule has 1 aliphatic rings. The third kappa shape index (κ3) is 5.58. The molecule has 2 heterocycles. The van der Waals surface area contributed by atoms with Crippen molar-refractivity contribution >= 4 is 15.6 Å². The number of pyridine rings is 2. The summed E-state index contributed by atoms with van der Waals surface area (Å²) in [5.74, 6) is -4.02. The number of benzene rings is 1. The average Bonchev–Trinajstić information content (AvgIpc) is 2.83. The highest BCUT2D eigenvalue weighted by Gasteiger charge is 2.40. The van der Waals surface area contributed by atoms with E-state index in [0.717, 1.165) is 29.8 Å². The van der Waals surface area contributed by atoms with Crippen LogP contribution in [0.2, 0.25) is 0 Å². The van der Waals surface area contributed by atoms with Crippen LogP contribution in [-0.2, 0) is 16.3 Å². The highest BCUT2D eigenvalue weighted by Crippen LogP contribution is 2.39. The zero-order valence-electron chi connectivity index (χ0n) is 21.1. The molecule has 1 aliphatic carbocycles. The maximum absolute atomic E-state index is 14.6. The summed E-state index contributed by atoms with van der Waals surface area (Å²) in [5.41, 5.74) is 6.19. The Labute approximate surface area is 219 Å². The number of aromatic nitrogens is 2. The first-order chi connectivity index (χ1) is 17.9. The van der Waals surface area contributed by atoms with Gasteiger partial charge >= 0.3 is 0 Å². The lowest BCUT2D eigenvalue weighted by Crippen LogP contribution is -2.48. The Morgan fingerprint density at radius 1 is 1.11 bits per heavy atom. The van der Waals surface area contributed by atoms with Gasteiger partial charge in [-0.1, -0.05) is 6.92 Å². The third-order valence-electron chi connectivity index (χ3n) is 7.04. The maximum Gasteiger partial charge on any atom is 0.185 e. The van der Waals surface area contributed by atoms with Crippen LogP contribution < -0.4 is 10.5 Å². The van der Waals surface area contributed by atoms with Crippen LogP contribution in [0, 0.1) is 23.4 Å². The van der Waals surface area contributed by atoms with Crippen molar-refractivity contribution < 1.29 is 31.1 Å². The van der Waals surface area contributed by atoms with Gasteiger partial charge in [-0.05, 0) is 54.0 Å². The van der Waals surface area contributed by atoms with Crippen molar-refractivity contribution in [2.45, 2.75) is 43.4 Å². The molecule has 0 bridgehead atoms. The number of sulfone groups is 1. The van der Waals surface area contributed by atoms with E-state index in [1.54, 1.807) is 18.5 Å². The molecule has 3 aromatic rings. The summed E-state index contributed by atoms with van der Waals surface area (Å²) in [6.45, 7) is 1.85. The van der Waals surface area contributed by atoms with Gasteiger partial charge in [0.05, 0.1) is 17.9 Å². The van der Waals surface area contributed by atoms with Crippen LogP contribution in [0.15, 0.2) is 42.7 Å². The van der Waals surface area contributed by atoms with Gasteiger partial charge in [0.15, 0.2) is 15.6 Å². The molecule has 2 aromatic heterocycles. The molecule has 7 nitrogen and oxygen atoms in total. The largest absolute Gasteiger partial charge is 0.497 e. The van der Waals surface area contributed by atoms with Crippen LogP contribution in [0.25, 0.3) is 11.3 Å². The molecule has 0 saturated heterocycles. The molecule has 2 N–H and O–H groups in total. The van der Waals surface area contributed by atoms with Gasteiger partial charge in [-0.2, -0.15) is 0 Å². The minimum absolute atomic E-state index is 0.0832. The Morgan fingerprint density at radius 3 is 2.39 bits per heavy atom. The molecule has 4 atom stereocenters. The van der Waals surface area contributed by atoms with E-state index >= 15 is 0 Å². The number of halogens is 3. The first-order valence-electron chi connectivity index (χ1n) is 12.0. The van der Waals surface area contributed by atoms with E-state index in [4.69, 9.17) is 10.5 Å². The molecular weight excluding hydrogens is 519 g/mol. The molecule has 0 aliphatic heterocycles. The van der Waals surface area contributed by atoms with Gasteiger partial charge in [0, 0.05) is 43.2 Å². The van der Waals surface area contributed by atoms with Crippen molar-refractivity contribution in [3.05, 3.63) is 77.0 Å². The summed E-state index contributed by atoms with van der Waals surface area (Å²) in [6.07, 6.45) is 5.15. The van der Waals surface area contributed by atoms with E-state index in [9.17, 15) is 26.4 Å². The zero-order valence-corrected chi connectivity index (χ0v) is 21.9. The molecule has 0 unspecified atom stereocenters. The van der Waals surface area contributed by atoms with Crippen molar-refractivity contribution in [3.63, 3.8) is 0 Å². The quantitative estimate of drug-likeness (QED) is 0.440. The van der Waals surface area contributed by atoms with Crippen molar-refractivity contribution in [1.82, 2.24) is 9.97 Å². The lowest BCUT2D eigenvalue weighted by Gasteiger charge is -2.38. The summed E-state index contributed by atoms with van der Waals surface area (Å²) >= 11 is 0. The zero-order chi connectivity index (χ0) is 27.8. The smallest absolute Gasteiger partial charge is 0.185 e. The topological polar surface area (TPSA) is 112 Å². The van der Waals surface area contributed by atoms with E-state index in [-0.39, 0.29) is 29.7 Å².